The number of hydrogen-bond acceptors (Lipinski definition) is 5. The molecular weight excluding hydrogens is 326 g/mol. The lowest BCUT2D eigenvalue weighted by Gasteiger charge is -2.02. The second-order valence-electron chi connectivity index (χ2n) is 5.98. The molecule has 0 aromatic rings. The molecule has 0 rings (SSSR count). The maximum absolute atomic E-state index is 10.3. The molecule has 7 N–H and O–H groups in total. The highest BCUT2D eigenvalue weighted by atomic mass is 16.4. The Morgan fingerprint density at radius 3 is 0.840 bits per heavy atom. The predicted molar refractivity (Wildman–Crippen MR) is 99.1 cm³/mol. The van der Waals surface area contributed by atoms with Crippen molar-refractivity contribution in [2.24, 2.45) is 0 Å². The van der Waals surface area contributed by atoms with Gasteiger partial charge in [0.15, 0.2) is 0 Å². The van der Waals surface area contributed by atoms with E-state index in [0.717, 1.165) is 38.5 Å². The molecule has 0 fully saturated rings. The van der Waals surface area contributed by atoms with Crippen LogP contribution >= 0.6 is 0 Å². The van der Waals surface area contributed by atoms with Crippen LogP contribution in [0.1, 0.15) is 89.9 Å². The lowest BCUT2D eigenvalue weighted by molar-refractivity contribution is -0.138. The van der Waals surface area contributed by atoms with Crippen LogP contribution in [0.25, 0.3) is 0 Å². The summed E-state index contributed by atoms with van der Waals surface area (Å²) in [7, 11) is 0. The van der Waals surface area contributed by atoms with Crippen molar-refractivity contribution in [2.45, 2.75) is 89.9 Å². The van der Waals surface area contributed by atoms with Gasteiger partial charge in [-0.1, -0.05) is 64.2 Å². The standard InChI is InChI=1S/C16H30O4.C2H6O2.H3N/c17-15(18)13-11-9-7-5-3-1-2-4-6-8-10-12-14-16(19)20;3-1-2-4;/h1-14H2,(H,17,18)(H,19,20);3-4H,1-2H2;1H3. The van der Waals surface area contributed by atoms with E-state index in [9.17, 15) is 9.59 Å². The number of carboxylic acid groups (broad SMARTS) is 2. The van der Waals surface area contributed by atoms with Crippen molar-refractivity contribution in [2.75, 3.05) is 13.2 Å². The Balaban J connectivity index is -0.000000867. The van der Waals surface area contributed by atoms with Crippen molar-refractivity contribution in [1.29, 1.82) is 0 Å². The molecule has 0 amide bonds. The summed E-state index contributed by atoms with van der Waals surface area (Å²) in [6, 6.07) is 0. The summed E-state index contributed by atoms with van der Waals surface area (Å²) in [5.74, 6) is -1.37. The minimum atomic E-state index is -0.687. The van der Waals surface area contributed by atoms with Crippen molar-refractivity contribution in [3.8, 4) is 0 Å². The van der Waals surface area contributed by atoms with E-state index in [1.54, 1.807) is 0 Å². The first-order valence-electron chi connectivity index (χ1n) is 9.20. The first-order valence-corrected chi connectivity index (χ1v) is 9.20. The van der Waals surface area contributed by atoms with Crippen LogP contribution < -0.4 is 6.15 Å². The van der Waals surface area contributed by atoms with E-state index in [-0.39, 0.29) is 19.4 Å². The molecule has 0 bridgehead atoms. The van der Waals surface area contributed by atoms with Gasteiger partial charge < -0.3 is 26.6 Å². The lowest BCUT2D eigenvalue weighted by Crippen LogP contribution is -1.93. The van der Waals surface area contributed by atoms with Crippen LogP contribution in [0.2, 0.25) is 0 Å². The summed E-state index contributed by atoms with van der Waals surface area (Å²) in [6.07, 6.45) is 14.1. The van der Waals surface area contributed by atoms with E-state index in [1.807, 2.05) is 0 Å². The summed E-state index contributed by atoms with van der Waals surface area (Å²) in [5, 5.41) is 32.2. The van der Waals surface area contributed by atoms with Gasteiger partial charge in [0.1, 0.15) is 0 Å². The fraction of sp³-hybridized carbons (Fsp3) is 0.889. The third-order valence-corrected chi connectivity index (χ3v) is 3.63. The Morgan fingerprint density at radius 2 is 0.680 bits per heavy atom. The normalized spacial score (nSPS) is 9.68. The summed E-state index contributed by atoms with van der Waals surface area (Å²) in [4.78, 5) is 20.6. The molecule has 0 aliphatic heterocycles. The SMILES string of the molecule is N.O=C(O)CCCCCCCCCCCCCCC(=O)O.OCCO. The monoisotopic (exact) mass is 365 g/mol. The average molecular weight is 366 g/mol. The van der Waals surface area contributed by atoms with E-state index in [1.165, 1.54) is 38.5 Å². The lowest BCUT2D eigenvalue weighted by atomic mass is 10.0. The number of aliphatic hydroxyl groups excluding tert-OH is 2. The second-order valence-corrected chi connectivity index (χ2v) is 5.98. The number of carbonyl (C=O) groups is 2. The number of hydrogen-bond donors (Lipinski definition) is 5. The van der Waals surface area contributed by atoms with Crippen molar-refractivity contribution >= 4 is 11.9 Å². The molecule has 152 valence electrons. The molecule has 0 radical (unpaired) electrons. The van der Waals surface area contributed by atoms with E-state index in [0.29, 0.717) is 12.8 Å². The smallest absolute Gasteiger partial charge is 0.303 e. The molecule has 7 nitrogen and oxygen atoms in total. The number of carboxylic acids is 2. The average Bonchev–Trinajstić information content (AvgIpc) is 2.54. The van der Waals surface area contributed by atoms with Crippen molar-refractivity contribution in [3.63, 3.8) is 0 Å². The fourth-order valence-electron chi connectivity index (χ4n) is 2.32. The zero-order chi connectivity index (χ0) is 18.5. The molecule has 0 unspecified atom stereocenters. The molecular formula is C18H39NO6. The van der Waals surface area contributed by atoms with E-state index < -0.39 is 11.9 Å². The molecule has 0 atom stereocenters. The Hall–Kier alpha value is -1.18. The van der Waals surface area contributed by atoms with Gasteiger partial charge in [0, 0.05) is 12.8 Å². The molecule has 0 aromatic carbocycles. The molecule has 0 heterocycles. The maximum Gasteiger partial charge on any atom is 0.303 e. The highest BCUT2D eigenvalue weighted by Gasteiger charge is 1.98. The molecule has 7 heteroatoms. The molecule has 0 spiro atoms. The predicted octanol–water partition coefficient (Wildman–Crippen LogP) is 3.75. The van der Waals surface area contributed by atoms with Gasteiger partial charge in [-0.2, -0.15) is 0 Å². The van der Waals surface area contributed by atoms with Gasteiger partial charge in [-0.05, 0) is 12.8 Å². The quantitative estimate of drug-likeness (QED) is 0.261. The van der Waals surface area contributed by atoms with Gasteiger partial charge in [0.25, 0.3) is 0 Å². The minimum absolute atomic E-state index is 0. The van der Waals surface area contributed by atoms with Crippen LogP contribution in [0.4, 0.5) is 0 Å². The second kappa shape index (κ2) is 25.1. The molecule has 0 aliphatic rings. The van der Waals surface area contributed by atoms with Gasteiger partial charge in [-0.25, -0.2) is 0 Å². The number of aliphatic carboxylic acids is 2. The molecule has 0 aromatic heterocycles. The first-order chi connectivity index (χ1) is 11.5. The summed E-state index contributed by atoms with van der Waals surface area (Å²) in [5.41, 5.74) is 0. The van der Waals surface area contributed by atoms with Crippen LogP contribution in [0, 0.1) is 0 Å². The van der Waals surface area contributed by atoms with Crippen molar-refractivity contribution < 1.29 is 30.0 Å². The summed E-state index contributed by atoms with van der Waals surface area (Å²) < 4.78 is 0. The topological polar surface area (TPSA) is 150 Å². The zero-order valence-corrected chi connectivity index (χ0v) is 15.6. The third-order valence-electron chi connectivity index (χ3n) is 3.63. The van der Waals surface area contributed by atoms with Crippen LogP contribution in [0.3, 0.4) is 0 Å². The first kappa shape index (κ1) is 28.6. The van der Waals surface area contributed by atoms with Gasteiger partial charge >= 0.3 is 11.9 Å². The highest BCUT2D eigenvalue weighted by molar-refractivity contribution is 5.66. The third kappa shape index (κ3) is 35.0. The molecule has 0 saturated carbocycles. The van der Waals surface area contributed by atoms with Crippen LogP contribution in [-0.2, 0) is 9.59 Å². The van der Waals surface area contributed by atoms with Crippen LogP contribution in [0.5, 0.6) is 0 Å². The molecule has 0 aliphatic carbocycles. The Labute approximate surface area is 152 Å². The van der Waals surface area contributed by atoms with Crippen LogP contribution in [-0.4, -0.2) is 45.6 Å². The van der Waals surface area contributed by atoms with Gasteiger partial charge in [-0.15, -0.1) is 0 Å². The minimum Gasteiger partial charge on any atom is -0.481 e. The molecule has 25 heavy (non-hydrogen) atoms. The van der Waals surface area contributed by atoms with E-state index in [4.69, 9.17) is 20.4 Å². The Kier molecular flexibility index (Phi) is 28.7. The van der Waals surface area contributed by atoms with E-state index in [2.05, 4.69) is 0 Å². The zero-order valence-electron chi connectivity index (χ0n) is 15.6. The van der Waals surface area contributed by atoms with Crippen LogP contribution in [0.15, 0.2) is 0 Å². The summed E-state index contributed by atoms with van der Waals surface area (Å²) >= 11 is 0. The molecule has 0 saturated heterocycles. The number of unbranched alkanes of at least 4 members (excludes halogenated alkanes) is 11. The number of aliphatic hydroxyl groups is 2. The van der Waals surface area contributed by atoms with Crippen molar-refractivity contribution in [1.82, 2.24) is 6.15 Å². The van der Waals surface area contributed by atoms with E-state index >= 15 is 0 Å². The fourth-order valence-corrected chi connectivity index (χ4v) is 2.32. The summed E-state index contributed by atoms with van der Waals surface area (Å²) in [6.45, 7) is -0.250. The largest absolute Gasteiger partial charge is 0.481 e. The van der Waals surface area contributed by atoms with Crippen molar-refractivity contribution in [3.05, 3.63) is 0 Å². The Bertz CT molecular complexity index is 259. The van der Waals surface area contributed by atoms with Gasteiger partial charge in [0.2, 0.25) is 0 Å². The Morgan fingerprint density at radius 1 is 0.480 bits per heavy atom. The number of rotatable bonds is 16. The van der Waals surface area contributed by atoms with Gasteiger partial charge in [0.05, 0.1) is 13.2 Å². The van der Waals surface area contributed by atoms with Gasteiger partial charge in [-0.3, -0.25) is 9.59 Å². The maximum atomic E-state index is 10.3. The highest BCUT2D eigenvalue weighted by Crippen LogP contribution is 2.12.